The predicted molar refractivity (Wildman–Crippen MR) is 128 cm³/mol. The van der Waals surface area contributed by atoms with Gasteiger partial charge in [0.2, 0.25) is 5.17 Å². The van der Waals surface area contributed by atoms with Crippen LogP contribution in [-0.2, 0) is 4.79 Å². The first-order valence-corrected chi connectivity index (χ1v) is 11.5. The van der Waals surface area contributed by atoms with Crippen LogP contribution in [-0.4, -0.2) is 36.6 Å². The lowest BCUT2D eigenvalue weighted by molar-refractivity contribution is -0.114. The third-order valence-corrected chi connectivity index (χ3v) is 7.00. The van der Waals surface area contributed by atoms with Crippen LogP contribution in [0.15, 0.2) is 39.9 Å². The Kier molecular flexibility index (Phi) is 5.46. The molecule has 0 radical (unpaired) electrons. The molecular formula is C22H23N5OS2. The van der Waals surface area contributed by atoms with E-state index in [4.69, 9.17) is 5.41 Å². The number of hydrazone groups is 1. The fraction of sp³-hybridized carbons (Fsp3) is 0.273. The molecule has 0 saturated heterocycles. The topological polar surface area (TPSA) is 73.8 Å². The first-order chi connectivity index (χ1) is 14.3. The molecule has 8 heteroatoms. The van der Waals surface area contributed by atoms with E-state index in [9.17, 15) is 4.79 Å². The SMILES string of the molecule is CCSC1=NN2C(=N)/C(=C\c3cc(C)n(-c4cc(C)ccc4C)c3C)C(=O)N=C2S1. The van der Waals surface area contributed by atoms with E-state index in [2.05, 4.69) is 53.6 Å². The number of aromatic nitrogens is 1. The Hall–Kier alpha value is -2.58. The highest BCUT2D eigenvalue weighted by Gasteiger charge is 2.35. The van der Waals surface area contributed by atoms with Crippen LogP contribution >= 0.6 is 23.5 Å². The van der Waals surface area contributed by atoms with Crippen LogP contribution in [0, 0.1) is 33.1 Å². The molecule has 0 spiro atoms. The van der Waals surface area contributed by atoms with E-state index in [0.717, 1.165) is 32.8 Å². The van der Waals surface area contributed by atoms with Crippen molar-refractivity contribution in [2.45, 2.75) is 34.6 Å². The third kappa shape index (κ3) is 3.54. The summed E-state index contributed by atoms with van der Waals surface area (Å²) >= 11 is 2.92. The fourth-order valence-electron chi connectivity index (χ4n) is 3.58. The third-order valence-electron chi connectivity index (χ3n) is 5.08. The van der Waals surface area contributed by atoms with E-state index in [1.807, 2.05) is 19.9 Å². The minimum atomic E-state index is -0.395. The molecule has 2 aromatic rings. The summed E-state index contributed by atoms with van der Waals surface area (Å²) in [6.45, 7) is 10.3. The number of amides is 1. The average molecular weight is 438 g/mol. The summed E-state index contributed by atoms with van der Waals surface area (Å²) in [5.74, 6) is 0.551. The molecule has 0 unspecified atom stereocenters. The quantitative estimate of drug-likeness (QED) is 0.683. The van der Waals surface area contributed by atoms with Crippen LogP contribution in [0.2, 0.25) is 0 Å². The monoisotopic (exact) mass is 437 g/mol. The number of rotatable bonds is 3. The van der Waals surface area contributed by atoms with E-state index in [1.165, 1.54) is 27.9 Å². The van der Waals surface area contributed by atoms with Gasteiger partial charge in [-0.2, -0.15) is 10.0 Å². The van der Waals surface area contributed by atoms with Crippen LogP contribution in [0.5, 0.6) is 0 Å². The Morgan fingerprint density at radius 2 is 1.97 bits per heavy atom. The van der Waals surface area contributed by atoms with Gasteiger partial charge in [-0.15, -0.1) is 5.10 Å². The number of carbonyl (C=O) groups excluding carboxylic acids is 1. The molecule has 30 heavy (non-hydrogen) atoms. The second-order valence-corrected chi connectivity index (χ2v) is 9.74. The van der Waals surface area contributed by atoms with Crippen molar-refractivity contribution in [1.82, 2.24) is 9.58 Å². The molecule has 4 rings (SSSR count). The number of hydrogen-bond acceptors (Lipinski definition) is 5. The maximum Gasteiger partial charge on any atom is 0.283 e. The number of hydrogen-bond donors (Lipinski definition) is 1. The van der Waals surface area contributed by atoms with Crippen molar-refractivity contribution in [1.29, 1.82) is 5.41 Å². The summed E-state index contributed by atoms with van der Waals surface area (Å²) in [7, 11) is 0. The Labute approximate surface area is 184 Å². The van der Waals surface area contributed by atoms with E-state index in [-0.39, 0.29) is 11.4 Å². The van der Waals surface area contributed by atoms with Crippen molar-refractivity contribution in [2.75, 3.05) is 5.75 Å². The molecule has 3 heterocycles. The maximum absolute atomic E-state index is 12.7. The van der Waals surface area contributed by atoms with Gasteiger partial charge >= 0.3 is 0 Å². The van der Waals surface area contributed by atoms with Crippen LogP contribution in [0.4, 0.5) is 0 Å². The molecular weight excluding hydrogens is 414 g/mol. The van der Waals surface area contributed by atoms with Crippen LogP contribution in [0.25, 0.3) is 11.8 Å². The Bertz CT molecular complexity index is 1170. The van der Waals surface area contributed by atoms with Crippen LogP contribution in [0.1, 0.15) is 35.0 Å². The number of benzene rings is 1. The zero-order chi connectivity index (χ0) is 21.6. The smallest absolute Gasteiger partial charge is 0.283 e. The van der Waals surface area contributed by atoms with Crippen molar-refractivity contribution in [3.63, 3.8) is 0 Å². The van der Waals surface area contributed by atoms with E-state index < -0.39 is 5.91 Å². The molecule has 2 aliphatic heterocycles. The lowest BCUT2D eigenvalue weighted by Gasteiger charge is -2.20. The highest BCUT2D eigenvalue weighted by atomic mass is 32.2. The maximum atomic E-state index is 12.7. The van der Waals surface area contributed by atoms with Crippen LogP contribution in [0.3, 0.4) is 0 Å². The minimum absolute atomic E-state index is 0.0701. The van der Waals surface area contributed by atoms with Gasteiger partial charge in [0, 0.05) is 17.1 Å². The summed E-state index contributed by atoms with van der Waals surface area (Å²) in [4.78, 5) is 16.9. The Morgan fingerprint density at radius 3 is 2.70 bits per heavy atom. The molecule has 0 aliphatic carbocycles. The minimum Gasteiger partial charge on any atom is -0.318 e. The summed E-state index contributed by atoms with van der Waals surface area (Å²) < 4.78 is 3.00. The normalized spacial score (nSPS) is 17.5. The number of aliphatic imine (C=N–C) groups is 1. The summed E-state index contributed by atoms with van der Waals surface area (Å²) in [5.41, 5.74) is 6.75. The van der Waals surface area contributed by atoms with Crippen LogP contribution < -0.4 is 0 Å². The first kappa shape index (κ1) is 20.7. The van der Waals surface area contributed by atoms with Crippen molar-refractivity contribution < 1.29 is 4.79 Å². The summed E-state index contributed by atoms with van der Waals surface area (Å²) in [6.07, 6.45) is 1.76. The molecule has 1 aromatic carbocycles. The molecule has 0 fully saturated rings. The molecule has 1 aromatic heterocycles. The lowest BCUT2D eigenvalue weighted by Crippen LogP contribution is -2.35. The molecule has 6 nitrogen and oxygen atoms in total. The number of thioether (sulfide) groups is 2. The molecule has 1 amide bonds. The van der Waals surface area contributed by atoms with Gasteiger partial charge in [0.1, 0.15) is 0 Å². The Morgan fingerprint density at radius 1 is 1.20 bits per heavy atom. The van der Waals surface area contributed by atoms with Gasteiger partial charge in [-0.3, -0.25) is 10.2 Å². The summed E-state index contributed by atoms with van der Waals surface area (Å²) in [5, 5.41) is 14.9. The molecule has 0 bridgehead atoms. The zero-order valence-corrected chi connectivity index (χ0v) is 19.2. The van der Waals surface area contributed by atoms with E-state index in [0.29, 0.717) is 5.17 Å². The number of carbonyl (C=O) groups is 1. The fourth-order valence-corrected chi connectivity index (χ4v) is 5.40. The van der Waals surface area contributed by atoms with E-state index in [1.54, 1.807) is 17.8 Å². The number of fused-ring (bicyclic) bond motifs is 1. The highest BCUT2D eigenvalue weighted by molar-refractivity contribution is 8.45. The van der Waals surface area contributed by atoms with Crippen molar-refractivity contribution in [2.24, 2.45) is 10.1 Å². The number of nitrogens with one attached hydrogen (secondary N) is 1. The molecule has 154 valence electrons. The average Bonchev–Trinajstić information content (AvgIpc) is 3.21. The van der Waals surface area contributed by atoms with Gasteiger partial charge in [-0.1, -0.05) is 30.8 Å². The number of aryl methyl sites for hydroxylation is 3. The van der Waals surface area contributed by atoms with Gasteiger partial charge in [0.15, 0.2) is 10.2 Å². The summed E-state index contributed by atoms with van der Waals surface area (Å²) in [6, 6.07) is 8.43. The molecule has 0 saturated carbocycles. The Balaban J connectivity index is 1.75. The molecule has 2 aliphatic rings. The van der Waals surface area contributed by atoms with Crippen molar-refractivity contribution in [3.05, 3.63) is 57.9 Å². The second kappa shape index (κ2) is 7.92. The van der Waals surface area contributed by atoms with Gasteiger partial charge < -0.3 is 4.57 Å². The molecule has 0 atom stereocenters. The van der Waals surface area contributed by atoms with Gasteiger partial charge in [-0.25, -0.2) is 0 Å². The standard InChI is InChI=1S/C22H23N5OS2/c1-6-29-22-25-27-19(23)17(20(28)24-21(27)30-22)11-16-10-14(4)26(15(16)5)18-9-12(2)7-8-13(18)3/h7-11,23H,6H2,1-5H3/b17-11+,23-19?. The lowest BCUT2D eigenvalue weighted by atomic mass is 10.1. The van der Waals surface area contributed by atoms with Crippen molar-refractivity contribution >= 4 is 50.9 Å². The predicted octanol–water partition coefficient (Wildman–Crippen LogP) is 5.04. The largest absolute Gasteiger partial charge is 0.318 e. The molecule has 1 N–H and O–H groups in total. The second-order valence-electron chi connectivity index (χ2n) is 7.27. The first-order valence-electron chi connectivity index (χ1n) is 9.69. The van der Waals surface area contributed by atoms with Gasteiger partial charge in [-0.05, 0) is 80.1 Å². The zero-order valence-electron chi connectivity index (χ0n) is 17.6. The highest BCUT2D eigenvalue weighted by Crippen LogP contribution is 2.33. The van der Waals surface area contributed by atoms with E-state index >= 15 is 0 Å². The van der Waals surface area contributed by atoms with Gasteiger partial charge in [0.05, 0.1) is 5.57 Å². The number of nitrogens with zero attached hydrogens (tertiary/aromatic N) is 4. The van der Waals surface area contributed by atoms with Crippen molar-refractivity contribution in [3.8, 4) is 5.69 Å². The van der Waals surface area contributed by atoms with Gasteiger partial charge in [0.25, 0.3) is 5.91 Å². The number of amidine groups is 2.